The van der Waals surface area contributed by atoms with Crippen LogP contribution in [0.4, 0.5) is 5.69 Å². The van der Waals surface area contributed by atoms with Crippen LogP contribution in [0, 0.1) is 6.92 Å². The molecule has 0 atom stereocenters. The summed E-state index contributed by atoms with van der Waals surface area (Å²) in [7, 11) is 0. The molecule has 0 radical (unpaired) electrons. The van der Waals surface area contributed by atoms with Crippen LogP contribution in [0.25, 0.3) is 11.4 Å². The van der Waals surface area contributed by atoms with Crippen LogP contribution in [0.15, 0.2) is 101 Å². The predicted molar refractivity (Wildman–Crippen MR) is 118 cm³/mol. The van der Waals surface area contributed by atoms with Gasteiger partial charge in [-0.25, -0.2) is 14.4 Å². The van der Waals surface area contributed by atoms with Crippen molar-refractivity contribution in [1.29, 1.82) is 0 Å². The lowest BCUT2D eigenvalue weighted by Crippen LogP contribution is -2.20. The molecule has 4 aromatic rings. The molecular formula is C23H20N6O. The van der Waals surface area contributed by atoms with Crippen LogP contribution in [-0.4, -0.2) is 25.3 Å². The summed E-state index contributed by atoms with van der Waals surface area (Å²) in [6, 6.07) is 18.6. The standard InChI is InChI=1S/C23H20N6O/c1-17-8-9-19(28-14-5-13-25-28)16-21(17)29-15-11-22(30)23(27-29)20(10-12-24)26-18-6-3-2-4-7-18/h2-16H,24H2,1H3. The van der Waals surface area contributed by atoms with Crippen molar-refractivity contribution >= 4 is 11.4 Å². The summed E-state index contributed by atoms with van der Waals surface area (Å²) in [6.45, 7) is 1.99. The number of hydrogen-bond donors (Lipinski definition) is 1. The van der Waals surface area contributed by atoms with E-state index in [1.54, 1.807) is 27.8 Å². The lowest BCUT2D eigenvalue weighted by molar-refractivity contribution is 0.815. The van der Waals surface area contributed by atoms with Gasteiger partial charge in [-0.2, -0.15) is 10.2 Å². The number of allylic oxidation sites excluding steroid dienone is 1. The van der Waals surface area contributed by atoms with Gasteiger partial charge in [-0.1, -0.05) is 24.3 Å². The van der Waals surface area contributed by atoms with Gasteiger partial charge in [0.1, 0.15) is 0 Å². The number of aryl methyl sites for hydroxylation is 1. The monoisotopic (exact) mass is 396 g/mol. The van der Waals surface area contributed by atoms with E-state index in [-0.39, 0.29) is 11.1 Å². The molecule has 2 heterocycles. The van der Waals surface area contributed by atoms with Gasteiger partial charge in [-0.3, -0.25) is 4.79 Å². The highest BCUT2D eigenvalue weighted by Crippen LogP contribution is 2.18. The molecule has 148 valence electrons. The Labute approximate surface area is 173 Å². The van der Waals surface area contributed by atoms with E-state index in [2.05, 4.69) is 15.2 Å². The fraction of sp³-hybridized carbons (Fsp3) is 0.0435. The molecular weight excluding hydrogens is 376 g/mol. The van der Waals surface area contributed by atoms with Gasteiger partial charge >= 0.3 is 0 Å². The van der Waals surface area contributed by atoms with Crippen molar-refractivity contribution in [2.75, 3.05) is 0 Å². The largest absolute Gasteiger partial charge is 0.405 e. The van der Waals surface area contributed by atoms with Crippen molar-refractivity contribution in [3.8, 4) is 11.4 Å². The minimum absolute atomic E-state index is 0.215. The minimum atomic E-state index is -0.236. The smallest absolute Gasteiger partial charge is 0.209 e. The molecule has 0 saturated heterocycles. The molecule has 0 aliphatic rings. The third-order valence-electron chi connectivity index (χ3n) is 4.52. The van der Waals surface area contributed by atoms with Crippen LogP contribution in [0.5, 0.6) is 0 Å². The minimum Gasteiger partial charge on any atom is -0.405 e. The molecule has 0 bridgehead atoms. The Morgan fingerprint density at radius 1 is 1.03 bits per heavy atom. The average molecular weight is 396 g/mol. The molecule has 4 rings (SSSR count). The van der Waals surface area contributed by atoms with Gasteiger partial charge in [0, 0.05) is 24.7 Å². The van der Waals surface area contributed by atoms with Crippen LogP contribution in [0.2, 0.25) is 0 Å². The van der Waals surface area contributed by atoms with Gasteiger partial charge < -0.3 is 5.73 Å². The van der Waals surface area contributed by atoms with Crippen LogP contribution in [0.3, 0.4) is 0 Å². The van der Waals surface area contributed by atoms with Crippen molar-refractivity contribution in [2.45, 2.75) is 6.92 Å². The third kappa shape index (κ3) is 3.95. The number of aromatic nitrogens is 4. The Hall–Kier alpha value is -4.26. The molecule has 2 N–H and O–H groups in total. The molecule has 0 unspecified atom stereocenters. The van der Waals surface area contributed by atoms with Crippen molar-refractivity contribution < 1.29 is 0 Å². The zero-order valence-corrected chi connectivity index (χ0v) is 16.4. The first-order valence-corrected chi connectivity index (χ1v) is 9.39. The first-order valence-electron chi connectivity index (χ1n) is 9.39. The summed E-state index contributed by atoms with van der Waals surface area (Å²) >= 11 is 0. The molecule has 0 fully saturated rings. The Morgan fingerprint density at radius 2 is 1.87 bits per heavy atom. The summed E-state index contributed by atoms with van der Waals surface area (Å²) in [5.41, 5.74) is 9.42. The molecule has 0 amide bonds. The van der Waals surface area contributed by atoms with Gasteiger partial charge in [-0.15, -0.1) is 0 Å². The summed E-state index contributed by atoms with van der Waals surface area (Å²) in [5.74, 6) is 0. The first-order chi connectivity index (χ1) is 14.7. The van der Waals surface area contributed by atoms with Gasteiger partial charge in [0.25, 0.3) is 0 Å². The Balaban J connectivity index is 1.83. The van der Waals surface area contributed by atoms with Crippen molar-refractivity contribution in [2.24, 2.45) is 10.7 Å². The second-order valence-electron chi connectivity index (χ2n) is 6.59. The Morgan fingerprint density at radius 3 is 2.60 bits per heavy atom. The molecule has 30 heavy (non-hydrogen) atoms. The van der Waals surface area contributed by atoms with E-state index in [0.29, 0.717) is 11.4 Å². The van der Waals surface area contributed by atoms with E-state index < -0.39 is 0 Å². The molecule has 0 saturated carbocycles. The quantitative estimate of drug-likeness (QED) is 0.524. The molecule has 2 aromatic carbocycles. The maximum Gasteiger partial charge on any atom is 0.209 e. The second-order valence-corrected chi connectivity index (χ2v) is 6.59. The van der Waals surface area contributed by atoms with E-state index in [4.69, 9.17) is 5.73 Å². The van der Waals surface area contributed by atoms with Gasteiger partial charge in [0.2, 0.25) is 5.43 Å². The zero-order valence-electron chi connectivity index (χ0n) is 16.4. The number of para-hydroxylation sites is 1. The number of benzene rings is 2. The molecule has 2 aromatic heterocycles. The number of nitrogens with zero attached hydrogens (tertiary/aromatic N) is 5. The predicted octanol–water partition coefficient (Wildman–Crippen LogP) is 3.32. The van der Waals surface area contributed by atoms with Gasteiger partial charge in [-0.05, 0) is 55.1 Å². The van der Waals surface area contributed by atoms with E-state index >= 15 is 0 Å². The molecule has 0 aliphatic carbocycles. The van der Waals surface area contributed by atoms with Gasteiger partial charge in [0.15, 0.2) is 5.69 Å². The number of aliphatic imine (C=N–C) groups is 1. The topological polar surface area (TPSA) is 91.1 Å². The molecule has 7 heteroatoms. The summed E-state index contributed by atoms with van der Waals surface area (Å²) in [5, 5.41) is 8.85. The zero-order chi connectivity index (χ0) is 20.9. The number of nitrogens with two attached hydrogens (primary N) is 1. The highest BCUT2D eigenvalue weighted by atomic mass is 16.1. The van der Waals surface area contributed by atoms with Crippen molar-refractivity contribution in [3.63, 3.8) is 0 Å². The molecule has 0 aliphatic heterocycles. The summed E-state index contributed by atoms with van der Waals surface area (Å²) < 4.78 is 3.44. The van der Waals surface area contributed by atoms with E-state index in [1.807, 2.05) is 67.7 Å². The highest BCUT2D eigenvalue weighted by Gasteiger charge is 2.12. The summed E-state index contributed by atoms with van der Waals surface area (Å²) in [6.07, 6.45) is 8.17. The SMILES string of the molecule is Cc1ccc(-n2cccn2)cc1-n1ccc(=O)c(C(C=CN)=Nc2ccccc2)n1. The van der Waals surface area contributed by atoms with Gasteiger partial charge in [0.05, 0.1) is 22.8 Å². The first kappa shape index (κ1) is 19.1. The van der Waals surface area contributed by atoms with Crippen LogP contribution in [0.1, 0.15) is 11.3 Å². The molecule has 7 nitrogen and oxygen atoms in total. The Kier molecular flexibility index (Phi) is 5.34. The van der Waals surface area contributed by atoms with E-state index in [1.165, 1.54) is 12.3 Å². The summed E-state index contributed by atoms with van der Waals surface area (Å²) in [4.78, 5) is 17.2. The van der Waals surface area contributed by atoms with Crippen LogP contribution in [-0.2, 0) is 0 Å². The van der Waals surface area contributed by atoms with Crippen molar-refractivity contribution in [3.05, 3.63) is 113 Å². The Bertz CT molecular complexity index is 1270. The van der Waals surface area contributed by atoms with Crippen molar-refractivity contribution in [1.82, 2.24) is 19.6 Å². The third-order valence-corrected chi connectivity index (χ3v) is 4.52. The van der Waals surface area contributed by atoms with Crippen LogP contribution >= 0.6 is 0 Å². The average Bonchev–Trinajstić information content (AvgIpc) is 3.30. The normalized spacial score (nSPS) is 11.8. The fourth-order valence-electron chi connectivity index (χ4n) is 3.03. The van der Waals surface area contributed by atoms with E-state index in [0.717, 1.165) is 16.9 Å². The molecule has 0 spiro atoms. The fourth-order valence-corrected chi connectivity index (χ4v) is 3.03. The maximum atomic E-state index is 12.6. The highest BCUT2D eigenvalue weighted by molar-refractivity contribution is 6.08. The van der Waals surface area contributed by atoms with E-state index in [9.17, 15) is 4.79 Å². The maximum absolute atomic E-state index is 12.6. The number of rotatable bonds is 5. The lowest BCUT2D eigenvalue weighted by Gasteiger charge is -2.12. The second kappa shape index (κ2) is 8.40. The lowest BCUT2D eigenvalue weighted by atomic mass is 10.1. The number of hydrogen-bond acceptors (Lipinski definition) is 5. The van der Waals surface area contributed by atoms with Crippen LogP contribution < -0.4 is 11.2 Å².